The van der Waals surface area contributed by atoms with Crippen LogP contribution in [0.5, 0.6) is 0 Å². The first-order chi connectivity index (χ1) is 6.79. The van der Waals surface area contributed by atoms with Crippen LogP contribution in [0.4, 0.5) is 0 Å². The first kappa shape index (κ1) is 9.74. The van der Waals surface area contributed by atoms with Gasteiger partial charge in [0.1, 0.15) is 12.4 Å². The first-order valence-electron chi connectivity index (χ1n) is 5.16. The highest BCUT2D eigenvalue weighted by atomic mass is 16.5. The highest BCUT2D eigenvalue weighted by Crippen LogP contribution is 2.21. The predicted molar refractivity (Wildman–Crippen MR) is 54.0 cm³/mol. The molecule has 3 nitrogen and oxygen atoms in total. The summed E-state index contributed by atoms with van der Waals surface area (Å²) in [5.74, 6) is 0.900. The summed E-state index contributed by atoms with van der Waals surface area (Å²) in [5.41, 5.74) is -0.0228. The summed E-state index contributed by atoms with van der Waals surface area (Å²) in [4.78, 5) is 0. The van der Waals surface area contributed by atoms with Crippen LogP contribution < -0.4 is 5.32 Å². The van der Waals surface area contributed by atoms with Crippen molar-refractivity contribution in [3.8, 4) is 0 Å². The monoisotopic (exact) mass is 195 g/mol. The van der Waals surface area contributed by atoms with Gasteiger partial charge in [-0.1, -0.05) is 0 Å². The smallest absolute Gasteiger partial charge is 0.129 e. The predicted octanol–water partition coefficient (Wildman–Crippen LogP) is 1.94. The van der Waals surface area contributed by atoms with Crippen LogP contribution in [0.3, 0.4) is 0 Å². The van der Waals surface area contributed by atoms with Crippen LogP contribution in [0.1, 0.15) is 25.5 Å². The Bertz CT molecular complexity index is 263. The third-order valence-electron chi connectivity index (χ3n) is 2.70. The van der Waals surface area contributed by atoms with E-state index in [1.165, 1.54) is 6.42 Å². The molecule has 0 radical (unpaired) electrons. The van der Waals surface area contributed by atoms with Crippen molar-refractivity contribution >= 4 is 0 Å². The zero-order valence-corrected chi connectivity index (χ0v) is 8.58. The summed E-state index contributed by atoms with van der Waals surface area (Å²) in [6, 6.07) is 3.83. The first-order valence-corrected chi connectivity index (χ1v) is 5.16. The summed E-state index contributed by atoms with van der Waals surface area (Å²) in [6.07, 6.45) is 4.00. The fraction of sp³-hybridized carbons (Fsp3) is 0.636. The molecule has 78 valence electrons. The zero-order valence-electron chi connectivity index (χ0n) is 8.58. The second kappa shape index (κ2) is 4.15. The average molecular weight is 195 g/mol. The van der Waals surface area contributed by atoms with Gasteiger partial charge in [0.2, 0.25) is 0 Å². The number of nitrogens with one attached hydrogen (secondary N) is 1. The molecule has 1 aliphatic heterocycles. The van der Waals surface area contributed by atoms with Crippen molar-refractivity contribution in [2.24, 2.45) is 0 Å². The zero-order chi connectivity index (χ0) is 9.86. The summed E-state index contributed by atoms with van der Waals surface area (Å²) in [5, 5.41) is 3.35. The normalized spacial score (nSPS) is 27.8. The van der Waals surface area contributed by atoms with Gasteiger partial charge in [-0.05, 0) is 38.4 Å². The fourth-order valence-electron chi connectivity index (χ4n) is 1.79. The van der Waals surface area contributed by atoms with E-state index in [1.807, 2.05) is 12.1 Å². The average Bonchev–Trinajstić information content (AvgIpc) is 2.69. The van der Waals surface area contributed by atoms with E-state index >= 15 is 0 Å². The molecule has 0 spiro atoms. The number of piperidine rings is 1. The molecule has 2 rings (SSSR count). The van der Waals surface area contributed by atoms with Gasteiger partial charge in [-0.2, -0.15) is 0 Å². The van der Waals surface area contributed by atoms with Crippen LogP contribution in [-0.2, 0) is 11.3 Å². The highest BCUT2D eigenvalue weighted by Gasteiger charge is 2.27. The van der Waals surface area contributed by atoms with E-state index in [9.17, 15) is 0 Å². The largest absolute Gasteiger partial charge is 0.467 e. The molecular formula is C11H17NO2. The van der Waals surface area contributed by atoms with E-state index < -0.39 is 0 Å². The topological polar surface area (TPSA) is 34.4 Å². The molecule has 1 aromatic rings. The Hall–Kier alpha value is -0.800. The summed E-state index contributed by atoms with van der Waals surface area (Å²) < 4.78 is 11.1. The van der Waals surface area contributed by atoms with Crippen molar-refractivity contribution in [1.82, 2.24) is 5.32 Å². The molecule has 0 bridgehead atoms. The van der Waals surface area contributed by atoms with Crippen LogP contribution in [0.2, 0.25) is 0 Å². The maximum atomic E-state index is 5.86. The molecule has 1 unspecified atom stereocenters. The Kier molecular flexibility index (Phi) is 2.89. The van der Waals surface area contributed by atoms with Crippen LogP contribution in [0.25, 0.3) is 0 Å². The van der Waals surface area contributed by atoms with Crippen LogP contribution in [0.15, 0.2) is 22.8 Å². The van der Waals surface area contributed by atoms with Crippen LogP contribution in [0, 0.1) is 0 Å². The van der Waals surface area contributed by atoms with E-state index in [4.69, 9.17) is 9.15 Å². The Morgan fingerprint density at radius 2 is 2.57 bits per heavy atom. The van der Waals surface area contributed by atoms with Crippen LogP contribution >= 0.6 is 0 Å². The lowest BCUT2D eigenvalue weighted by molar-refractivity contribution is -0.0627. The minimum atomic E-state index is -0.0228. The Labute approximate surface area is 84.4 Å². The van der Waals surface area contributed by atoms with Gasteiger partial charge in [-0.25, -0.2) is 0 Å². The van der Waals surface area contributed by atoms with E-state index in [0.717, 1.165) is 25.3 Å². The molecule has 1 saturated heterocycles. The van der Waals surface area contributed by atoms with Gasteiger partial charge in [-0.3, -0.25) is 0 Å². The van der Waals surface area contributed by atoms with E-state index in [1.54, 1.807) is 6.26 Å². The molecule has 1 aliphatic rings. The summed E-state index contributed by atoms with van der Waals surface area (Å²) in [7, 11) is 0. The van der Waals surface area contributed by atoms with Crippen molar-refractivity contribution in [2.45, 2.75) is 32.0 Å². The van der Waals surface area contributed by atoms with Gasteiger partial charge in [0, 0.05) is 6.54 Å². The van der Waals surface area contributed by atoms with Gasteiger partial charge in [0.05, 0.1) is 11.9 Å². The van der Waals surface area contributed by atoms with E-state index in [0.29, 0.717) is 6.61 Å². The maximum Gasteiger partial charge on any atom is 0.129 e. The molecular weight excluding hydrogens is 178 g/mol. The second-order valence-electron chi connectivity index (χ2n) is 4.10. The van der Waals surface area contributed by atoms with Gasteiger partial charge in [-0.15, -0.1) is 0 Å². The molecule has 1 atom stereocenters. The number of furan rings is 1. The molecule has 0 aromatic carbocycles. The van der Waals surface area contributed by atoms with Crippen molar-refractivity contribution in [3.63, 3.8) is 0 Å². The summed E-state index contributed by atoms with van der Waals surface area (Å²) >= 11 is 0. The number of hydrogen-bond acceptors (Lipinski definition) is 3. The van der Waals surface area contributed by atoms with Gasteiger partial charge in [0.25, 0.3) is 0 Å². The van der Waals surface area contributed by atoms with E-state index in [-0.39, 0.29) is 5.60 Å². The molecule has 14 heavy (non-hydrogen) atoms. The van der Waals surface area contributed by atoms with Gasteiger partial charge >= 0.3 is 0 Å². The van der Waals surface area contributed by atoms with E-state index in [2.05, 4.69) is 12.2 Å². The molecule has 2 heterocycles. The molecule has 1 aromatic heterocycles. The minimum absolute atomic E-state index is 0.0228. The van der Waals surface area contributed by atoms with Crippen molar-refractivity contribution < 1.29 is 9.15 Å². The molecule has 0 saturated carbocycles. The molecule has 0 amide bonds. The lowest BCUT2D eigenvalue weighted by Gasteiger charge is -2.33. The Balaban J connectivity index is 1.84. The van der Waals surface area contributed by atoms with Crippen LogP contribution in [-0.4, -0.2) is 18.7 Å². The maximum absolute atomic E-state index is 5.86. The molecule has 0 aliphatic carbocycles. The SMILES string of the molecule is CC1(OCc2ccco2)CCCNC1. The number of ether oxygens (including phenoxy) is 1. The third kappa shape index (κ3) is 2.36. The molecule has 1 fully saturated rings. The summed E-state index contributed by atoms with van der Waals surface area (Å²) in [6.45, 7) is 4.78. The lowest BCUT2D eigenvalue weighted by Crippen LogP contribution is -2.45. The Morgan fingerprint density at radius 1 is 1.64 bits per heavy atom. The molecule has 1 N–H and O–H groups in total. The van der Waals surface area contributed by atoms with Crippen molar-refractivity contribution in [1.29, 1.82) is 0 Å². The molecule has 3 heteroatoms. The second-order valence-corrected chi connectivity index (χ2v) is 4.10. The number of rotatable bonds is 3. The van der Waals surface area contributed by atoms with Gasteiger partial charge < -0.3 is 14.5 Å². The van der Waals surface area contributed by atoms with Crippen molar-refractivity contribution in [2.75, 3.05) is 13.1 Å². The van der Waals surface area contributed by atoms with Crippen molar-refractivity contribution in [3.05, 3.63) is 24.2 Å². The number of hydrogen-bond donors (Lipinski definition) is 1. The quantitative estimate of drug-likeness (QED) is 0.800. The van der Waals surface area contributed by atoms with Gasteiger partial charge in [0.15, 0.2) is 0 Å². The third-order valence-corrected chi connectivity index (χ3v) is 2.70. The minimum Gasteiger partial charge on any atom is -0.467 e. The highest BCUT2D eigenvalue weighted by molar-refractivity contribution is 4.97. The fourth-order valence-corrected chi connectivity index (χ4v) is 1.79. The Morgan fingerprint density at radius 3 is 3.21 bits per heavy atom. The standard InChI is InChI=1S/C11H17NO2/c1-11(5-3-6-12-9-11)14-8-10-4-2-7-13-10/h2,4,7,12H,3,5-6,8-9H2,1H3. The lowest BCUT2D eigenvalue weighted by atomic mass is 9.96.